The summed E-state index contributed by atoms with van der Waals surface area (Å²) in [5.74, 6) is 0.485. The second kappa shape index (κ2) is 11.3. The number of halogens is 1. The fourth-order valence-electron chi connectivity index (χ4n) is 2.80. The summed E-state index contributed by atoms with van der Waals surface area (Å²) in [7, 11) is -3.66. The predicted molar refractivity (Wildman–Crippen MR) is 127 cm³/mol. The first-order chi connectivity index (χ1) is 14.8. The van der Waals surface area contributed by atoms with Gasteiger partial charge in [-0.2, -0.15) is 13.4 Å². The van der Waals surface area contributed by atoms with Gasteiger partial charge in [0.15, 0.2) is 6.61 Å². The smallest absolute Gasteiger partial charge is 0.264 e. The van der Waals surface area contributed by atoms with Crippen LogP contribution in [0, 0.1) is 0 Å². The summed E-state index contributed by atoms with van der Waals surface area (Å²) in [6.45, 7) is 10.1. The Balaban J connectivity index is 0.000000751. The lowest BCUT2D eigenvalue weighted by Crippen LogP contribution is -2.54. The van der Waals surface area contributed by atoms with Crippen LogP contribution >= 0.6 is 11.6 Å². The summed E-state index contributed by atoms with van der Waals surface area (Å²) in [5, 5.41) is 0.362. The van der Waals surface area contributed by atoms with Crippen molar-refractivity contribution < 1.29 is 22.5 Å². The van der Waals surface area contributed by atoms with E-state index in [0.717, 1.165) is 0 Å². The summed E-state index contributed by atoms with van der Waals surface area (Å²) in [6, 6.07) is 5.17. The Labute approximate surface area is 193 Å². The Morgan fingerprint density at radius 3 is 2.25 bits per heavy atom. The average Bonchev–Trinajstić information content (AvgIpc) is 2.66. The van der Waals surface area contributed by atoms with Crippen molar-refractivity contribution in [2.45, 2.75) is 40.3 Å². The van der Waals surface area contributed by atoms with Gasteiger partial charge in [-0.3, -0.25) is 14.2 Å². The maximum Gasteiger partial charge on any atom is 0.264 e. The number of aliphatic imine (C=N–C) groups is 2. The number of ether oxygens (including phenoxy) is 1. The van der Waals surface area contributed by atoms with Gasteiger partial charge in [0.05, 0.1) is 10.8 Å². The summed E-state index contributed by atoms with van der Waals surface area (Å²) in [5.41, 5.74) is 11.7. The lowest BCUT2D eigenvalue weighted by molar-refractivity contribution is -0.132. The van der Waals surface area contributed by atoms with E-state index in [9.17, 15) is 13.2 Å². The number of carbonyl (C=O) groups excluding carboxylic acids is 1. The SMILES string of the molecule is CCN(CC)C(=O)COc1ccc(N2C(N)=NC(N)=NC2(C)C)cc1Cl.CCS(=O)(=O)O. The summed E-state index contributed by atoms with van der Waals surface area (Å²) in [6.07, 6.45) is 0. The van der Waals surface area contributed by atoms with Gasteiger partial charge in [-0.05, 0) is 52.8 Å². The maximum absolute atomic E-state index is 12.1. The van der Waals surface area contributed by atoms with Crippen molar-refractivity contribution in [2.24, 2.45) is 21.5 Å². The molecular formula is C19H31ClN6O5S. The third kappa shape index (κ3) is 7.84. The monoisotopic (exact) mass is 490 g/mol. The van der Waals surface area contributed by atoms with Crippen LogP contribution in [-0.2, 0) is 14.9 Å². The molecule has 11 nitrogen and oxygen atoms in total. The largest absolute Gasteiger partial charge is 0.482 e. The highest BCUT2D eigenvalue weighted by Gasteiger charge is 2.33. The number of nitrogens with zero attached hydrogens (tertiary/aromatic N) is 4. The van der Waals surface area contributed by atoms with Gasteiger partial charge in [0.2, 0.25) is 11.9 Å². The number of hydrogen-bond acceptors (Lipinski definition) is 9. The molecule has 0 bridgehead atoms. The second-order valence-corrected chi connectivity index (χ2v) is 9.26. The molecule has 0 saturated carbocycles. The topological polar surface area (TPSA) is 164 Å². The molecule has 1 aliphatic heterocycles. The van der Waals surface area contributed by atoms with Crippen LogP contribution in [0.4, 0.5) is 5.69 Å². The number of hydrogen-bond donors (Lipinski definition) is 3. The van der Waals surface area contributed by atoms with Crippen LogP contribution in [0.3, 0.4) is 0 Å². The van der Waals surface area contributed by atoms with E-state index in [1.807, 2.05) is 27.7 Å². The van der Waals surface area contributed by atoms with E-state index < -0.39 is 15.8 Å². The molecule has 13 heteroatoms. The Morgan fingerprint density at radius 1 is 1.25 bits per heavy atom. The van der Waals surface area contributed by atoms with Crippen LogP contribution in [0.2, 0.25) is 5.02 Å². The van der Waals surface area contributed by atoms with Crippen LogP contribution in [0.15, 0.2) is 28.2 Å². The molecular weight excluding hydrogens is 460 g/mol. The van der Waals surface area contributed by atoms with Crippen molar-refractivity contribution in [1.29, 1.82) is 0 Å². The van der Waals surface area contributed by atoms with E-state index in [-0.39, 0.29) is 30.2 Å². The van der Waals surface area contributed by atoms with Gasteiger partial charge in [0.25, 0.3) is 16.0 Å². The number of guanidine groups is 2. The molecule has 1 aromatic rings. The molecule has 1 aliphatic rings. The number of nitrogens with two attached hydrogens (primary N) is 2. The molecule has 0 atom stereocenters. The van der Waals surface area contributed by atoms with Crippen LogP contribution in [0.5, 0.6) is 5.75 Å². The van der Waals surface area contributed by atoms with E-state index in [0.29, 0.717) is 29.5 Å². The lowest BCUT2D eigenvalue weighted by atomic mass is 10.1. The quantitative estimate of drug-likeness (QED) is 0.485. The third-order valence-corrected chi connectivity index (χ3v) is 5.42. The molecule has 32 heavy (non-hydrogen) atoms. The molecule has 1 heterocycles. The lowest BCUT2D eigenvalue weighted by Gasteiger charge is -2.38. The fourth-order valence-corrected chi connectivity index (χ4v) is 3.03. The summed E-state index contributed by atoms with van der Waals surface area (Å²) >= 11 is 6.33. The van der Waals surface area contributed by atoms with Crippen molar-refractivity contribution >= 4 is 45.2 Å². The van der Waals surface area contributed by atoms with Crippen molar-refractivity contribution in [2.75, 3.05) is 30.3 Å². The number of likely N-dealkylation sites (N-methyl/N-ethyl adjacent to an activating group) is 1. The van der Waals surface area contributed by atoms with Gasteiger partial charge in [-0.1, -0.05) is 11.6 Å². The van der Waals surface area contributed by atoms with Crippen LogP contribution < -0.4 is 21.1 Å². The van der Waals surface area contributed by atoms with Crippen molar-refractivity contribution in [3.8, 4) is 5.75 Å². The van der Waals surface area contributed by atoms with Gasteiger partial charge in [-0.25, -0.2) is 4.99 Å². The number of benzene rings is 1. The normalized spacial score (nSPS) is 15.2. The highest BCUT2D eigenvalue weighted by molar-refractivity contribution is 7.85. The standard InChI is InChI=1S/C17H25ClN6O2.C2H6O3S/c1-5-23(6-2)14(25)10-26-13-8-7-11(9-12(13)18)24-16(20)21-15(19)22-17(24,3)4;1-2-6(3,4)5/h7-9H,5-6,10H2,1-4H3,(H4,19,20,21,22);2H2,1H3,(H,3,4,5). The third-order valence-electron chi connectivity index (χ3n) is 4.40. The Bertz CT molecular complexity index is 976. The van der Waals surface area contributed by atoms with E-state index in [2.05, 4.69) is 9.98 Å². The number of carbonyl (C=O) groups is 1. The predicted octanol–water partition coefficient (Wildman–Crippen LogP) is 1.67. The fraction of sp³-hybridized carbons (Fsp3) is 0.526. The zero-order valence-electron chi connectivity index (χ0n) is 18.9. The molecule has 5 N–H and O–H groups in total. The van der Waals surface area contributed by atoms with E-state index in [1.165, 1.54) is 6.92 Å². The first kappa shape index (κ1) is 27.5. The minimum atomic E-state index is -3.66. The molecule has 0 fully saturated rings. The second-order valence-electron chi connectivity index (χ2n) is 7.11. The van der Waals surface area contributed by atoms with E-state index >= 15 is 0 Å². The molecule has 0 radical (unpaired) electrons. The molecule has 0 saturated heterocycles. The molecule has 2 rings (SSSR count). The van der Waals surface area contributed by atoms with E-state index in [1.54, 1.807) is 28.0 Å². The summed E-state index contributed by atoms with van der Waals surface area (Å²) < 4.78 is 32.5. The number of rotatable bonds is 7. The van der Waals surface area contributed by atoms with Gasteiger partial charge in [0, 0.05) is 18.8 Å². The van der Waals surface area contributed by atoms with Crippen LogP contribution in [0.1, 0.15) is 34.6 Å². The first-order valence-corrected chi connectivity index (χ1v) is 11.9. The molecule has 1 amide bonds. The van der Waals surface area contributed by atoms with E-state index in [4.69, 9.17) is 32.4 Å². The minimum Gasteiger partial charge on any atom is -0.482 e. The Morgan fingerprint density at radius 2 is 1.81 bits per heavy atom. The molecule has 180 valence electrons. The molecule has 0 aromatic heterocycles. The van der Waals surface area contributed by atoms with Crippen molar-refractivity contribution in [3.63, 3.8) is 0 Å². The van der Waals surface area contributed by atoms with Crippen LogP contribution in [0.25, 0.3) is 0 Å². The van der Waals surface area contributed by atoms with Gasteiger partial charge < -0.3 is 21.1 Å². The number of amides is 1. The minimum absolute atomic E-state index is 0.0691. The highest BCUT2D eigenvalue weighted by atomic mass is 35.5. The Kier molecular flexibility index (Phi) is 9.73. The molecule has 0 unspecified atom stereocenters. The zero-order chi connectivity index (χ0) is 24.7. The van der Waals surface area contributed by atoms with Crippen molar-refractivity contribution in [3.05, 3.63) is 23.2 Å². The number of anilines is 1. The zero-order valence-corrected chi connectivity index (χ0v) is 20.4. The first-order valence-electron chi connectivity index (χ1n) is 9.90. The summed E-state index contributed by atoms with van der Waals surface area (Å²) in [4.78, 5) is 23.8. The maximum atomic E-state index is 12.1. The van der Waals surface area contributed by atoms with Crippen LogP contribution in [-0.4, -0.2) is 66.8 Å². The Hall–Kier alpha value is -2.57. The van der Waals surface area contributed by atoms with Gasteiger partial charge in [0.1, 0.15) is 11.4 Å². The van der Waals surface area contributed by atoms with Crippen molar-refractivity contribution in [1.82, 2.24) is 4.90 Å². The van der Waals surface area contributed by atoms with Gasteiger partial charge >= 0.3 is 0 Å². The highest BCUT2D eigenvalue weighted by Crippen LogP contribution is 2.33. The van der Waals surface area contributed by atoms with Gasteiger partial charge in [-0.15, -0.1) is 0 Å². The average molecular weight is 491 g/mol. The molecule has 0 spiro atoms. The molecule has 1 aromatic carbocycles. The molecule has 0 aliphatic carbocycles.